The van der Waals surface area contributed by atoms with Crippen molar-refractivity contribution in [3.63, 3.8) is 0 Å². The van der Waals surface area contributed by atoms with Crippen molar-refractivity contribution in [3.05, 3.63) is 68.7 Å². The zero-order chi connectivity index (χ0) is 23.2. The molecule has 1 aliphatic heterocycles. The van der Waals surface area contributed by atoms with Gasteiger partial charge in [0.15, 0.2) is 5.82 Å². The van der Waals surface area contributed by atoms with E-state index in [2.05, 4.69) is 26.1 Å². The van der Waals surface area contributed by atoms with Gasteiger partial charge in [-0.1, -0.05) is 39.7 Å². The lowest BCUT2D eigenvalue weighted by atomic mass is 9.99. The number of ether oxygens (including phenoxy) is 2. The third kappa shape index (κ3) is 3.98. The predicted octanol–water partition coefficient (Wildman–Crippen LogP) is 5.44. The number of benzene rings is 2. The molecule has 0 aliphatic carbocycles. The summed E-state index contributed by atoms with van der Waals surface area (Å²) < 4.78 is 42.2. The first kappa shape index (κ1) is 22.6. The highest BCUT2D eigenvalue weighted by atomic mass is 79.9. The van der Waals surface area contributed by atoms with Crippen LogP contribution in [0.1, 0.15) is 48.3 Å². The van der Waals surface area contributed by atoms with Crippen molar-refractivity contribution >= 4 is 33.5 Å². The van der Waals surface area contributed by atoms with Gasteiger partial charge in [-0.05, 0) is 24.3 Å². The third-order valence-electron chi connectivity index (χ3n) is 5.04. The van der Waals surface area contributed by atoms with Crippen molar-refractivity contribution in [1.29, 1.82) is 0 Å². The van der Waals surface area contributed by atoms with Gasteiger partial charge in [-0.25, -0.2) is 0 Å². The highest BCUT2D eigenvalue weighted by Crippen LogP contribution is 2.46. The summed E-state index contributed by atoms with van der Waals surface area (Å²) in [5.74, 6) is -4.78. The summed E-state index contributed by atoms with van der Waals surface area (Å²) in [6, 6.07) is 10.1. The summed E-state index contributed by atoms with van der Waals surface area (Å²) in [7, 11) is 1.47. The number of nitrogens with zero attached hydrogens (tertiary/aromatic N) is 3. The third-order valence-corrected chi connectivity index (χ3v) is 5.94. The Morgan fingerprint density at radius 1 is 1.31 bits per heavy atom. The lowest BCUT2D eigenvalue weighted by molar-refractivity contribution is -0.141. The first-order chi connectivity index (χ1) is 15.1. The zero-order valence-electron chi connectivity index (χ0n) is 16.9. The van der Waals surface area contributed by atoms with E-state index in [1.54, 1.807) is 36.4 Å². The molecule has 0 bridgehead atoms. The maximum absolute atomic E-state index is 14.4. The Morgan fingerprint density at radius 2 is 2.06 bits per heavy atom. The number of carboxylic acid groups (broad SMARTS) is 1. The molecule has 0 amide bonds. The summed E-state index contributed by atoms with van der Waals surface area (Å²) in [5, 5.41) is 17.3. The van der Waals surface area contributed by atoms with Crippen LogP contribution in [0.5, 0.6) is 5.75 Å². The first-order valence-electron chi connectivity index (χ1n) is 9.45. The molecule has 1 aromatic heterocycles. The van der Waals surface area contributed by atoms with Crippen molar-refractivity contribution in [2.45, 2.75) is 31.5 Å². The lowest BCUT2D eigenvalue weighted by Crippen LogP contribution is -2.18. The molecule has 2 aromatic carbocycles. The first-order valence-corrected chi connectivity index (χ1v) is 10.6. The Bertz CT molecular complexity index is 1200. The van der Waals surface area contributed by atoms with Crippen LogP contribution in [0, 0.1) is 0 Å². The van der Waals surface area contributed by atoms with Crippen molar-refractivity contribution in [2.75, 3.05) is 7.11 Å². The molecule has 0 radical (unpaired) electrons. The number of methoxy groups -OCH3 is 1. The SMILES string of the molecule is COc1cccc(C2OC(CC(=O)O)c3nnc(C(C)(F)F)n3-c3ccc(Br)cc32)c1Cl. The van der Waals surface area contributed by atoms with Crippen LogP contribution >= 0.6 is 27.5 Å². The van der Waals surface area contributed by atoms with Crippen LogP contribution in [0.4, 0.5) is 8.78 Å². The van der Waals surface area contributed by atoms with Crippen LogP contribution in [-0.2, 0) is 15.5 Å². The van der Waals surface area contributed by atoms with E-state index >= 15 is 0 Å². The molecular weight excluding hydrogens is 512 g/mol. The molecule has 32 heavy (non-hydrogen) atoms. The molecule has 4 rings (SSSR count). The fraction of sp³-hybridized carbons (Fsp3) is 0.286. The van der Waals surface area contributed by atoms with Crippen molar-refractivity contribution < 1.29 is 28.2 Å². The maximum atomic E-state index is 14.4. The Kier molecular flexibility index (Phi) is 5.95. The average molecular weight is 529 g/mol. The second kappa shape index (κ2) is 8.42. The van der Waals surface area contributed by atoms with Crippen LogP contribution in [-0.4, -0.2) is 33.0 Å². The molecule has 1 aliphatic rings. The normalized spacial score (nSPS) is 17.9. The van der Waals surface area contributed by atoms with Crippen molar-refractivity contribution in [1.82, 2.24) is 14.8 Å². The standard InChI is InChI=1S/C21H17BrClF2N3O4/c1-21(24,25)20-27-26-19-15(9-16(29)30)32-18(11-4-3-5-14(31-2)17(11)23)12-8-10(22)6-7-13(12)28(19)20/h3-8,15,18H,9H2,1-2H3,(H,29,30). The van der Waals surface area contributed by atoms with Crippen LogP contribution in [0.15, 0.2) is 40.9 Å². The summed E-state index contributed by atoms with van der Waals surface area (Å²) in [4.78, 5) is 11.6. The van der Waals surface area contributed by atoms with Crippen LogP contribution in [0.25, 0.3) is 5.69 Å². The van der Waals surface area contributed by atoms with E-state index in [1.165, 1.54) is 11.7 Å². The Balaban J connectivity index is 2.03. The van der Waals surface area contributed by atoms with Gasteiger partial charge in [-0.2, -0.15) is 8.78 Å². The number of alkyl halides is 2. The molecule has 11 heteroatoms. The number of rotatable bonds is 5. The van der Waals surface area contributed by atoms with E-state index < -0.39 is 36.3 Å². The smallest absolute Gasteiger partial charge is 0.306 e. The fourth-order valence-corrected chi connectivity index (χ4v) is 4.37. The molecule has 0 fully saturated rings. The molecule has 2 heterocycles. The molecular formula is C21H17BrClF2N3O4. The Morgan fingerprint density at radius 3 is 2.72 bits per heavy atom. The molecule has 3 aromatic rings. The summed E-state index contributed by atoms with van der Waals surface area (Å²) in [5.41, 5.74) is 1.31. The summed E-state index contributed by atoms with van der Waals surface area (Å²) in [6.07, 6.45) is -2.58. The van der Waals surface area contributed by atoms with Gasteiger partial charge < -0.3 is 14.6 Å². The predicted molar refractivity (Wildman–Crippen MR) is 115 cm³/mol. The molecule has 0 spiro atoms. The molecule has 0 saturated heterocycles. The number of fused-ring (bicyclic) bond motifs is 3. The van der Waals surface area contributed by atoms with Crippen LogP contribution in [0.2, 0.25) is 5.02 Å². The van der Waals surface area contributed by atoms with Gasteiger partial charge >= 0.3 is 11.9 Å². The van der Waals surface area contributed by atoms with Gasteiger partial charge in [-0.3, -0.25) is 9.36 Å². The van der Waals surface area contributed by atoms with Gasteiger partial charge in [0.2, 0.25) is 5.82 Å². The average Bonchev–Trinajstić information content (AvgIpc) is 3.12. The number of hydrogen-bond acceptors (Lipinski definition) is 5. The van der Waals surface area contributed by atoms with Crippen molar-refractivity contribution in [3.8, 4) is 11.4 Å². The number of aliphatic carboxylic acids is 1. The highest BCUT2D eigenvalue weighted by Gasteiger charge is 2.40. The highest BCUT2D eigenvalue weighted by molar-refractivity contribution is 9.10. The Hall–Kier alpha value is -2.56. The summed E-state index contributed by atoms with van der Waals surface area (Å²) in [6.45, 7) is 0.706. The number of hydrogen-bond donors (Lipinski definition) is 1. The van der Waals surface area contributed by atoms with Gasteiger partial charge in [0, 0.05) is 22.5 Å². The van der Waals surface area contributed by atoms with E-state index in [0.717, 1.165) is 0 Å². The van der Waals surface area contributed by atoms with E-state index in [1.807, 2.05) is 0 Å². The van der Waals surface area contributed by atoms with Gasteiger partial charge in [0.25, 0.3) is 0 Å². The molecule has 2 atom stereocenters. The summed E-state index contributed by atoms with van der Waals surface area (Å²) >= 11 is 9.97. The van der Waals surface area contributed by atoms with E-state index in [9.17, 15) is 18.7 Å². The lowest BCUT2D eigenvalue weighted by Gasteiger charge is -2.23. The number of aromatic nitrogens is 3. The number of halogens is 4. The second-order valence-corrected chi connectivity index (χ2v) is 8.57. The number of carboxylic acids is 1. The fourth-order valence-electron chi connectivity index (χ4n) is 3.69. The van der Waals surface area contributed by atoms with E-state index in [0.29, 0.717) is 34.0 Å². The minimum atomic E-state index is -3.34. The number of carbonyl (C=O) groups is 1. The molecule has 1 N–H and O–H groups in total. The molecule has 168 valence electrons. The van der Waals surface area contributed by atoms with Gasteiger partial charge in [0.1, 0.15) is 18.0 Å². The second-order valence-electron chi connectivity index (χ2n) is 7.27. The maximum Gasteiger partial charge on any atom is 0.306 e. The van der Waals surface area contributed by atoms with Gasteiger partial charge in [-0.15, -0.1) is 10.2 Å². The van der Waals surface area contributed by atoms with E-state index in [-0.39, 0.29) is 10.8 Å². The zero-order valence-corrected chi connectivity index (χ0v) is 19.2. The van der Waals surface area contributed by atoms with Crippen LogP contribution in [0.3, 0.4) is 0 Å². The largest absolute Gasteiger partial charge is 0.495 e. The molecule has 0 saturated carbocycles. The monoisotopic (exact) mass is 527 g/mol. The van der Waals surface area contributed by atoms with Crippen LogP contribution < -0.4 is 4.74 Å². The minimum absolute atomic E-state index is 0.0333. The van der Waals surface area contributed by atoms with Gasteiger partial charge in [0.05, 0.1) is 24.2 Å². The molecule has 2 unspecified atom stereocenters. The molecule has 7 nitrogen and oxygen atoms in total. The Labute approximate surface area is 195 Å². The minimum Gasteiger partial charge on any atom is -0.495 e. The van der Waals surface area contributed by atoms with Crippen molar-refractivity contribution in [2.24, 2.45) is 0 Å². The topological polar surface area (TPSA) is 86.5 Å². The van der Waals surface area contributed by atoms with E-state index in [4.69, 9.17) is 21.1 Å². The quantitative estimate of drug-likeness (QED) is 0.475.